The molecule has 0 bridgehead atoms. The van der Waals surface area contributed by atoms with Crippen molar-refractivity contribution in [2.45, 2.75) is 39.5 Å². The minimum atomic E-state index is 0.262. The summed E-state index contributed by atoms with van der Waals surface area (Å²) in [6.07, 6.45) is 1.58. The summed E-state index contributed by atoms with van der Waals surface area (Å²) >= 11 is 0. The van der Waals surface area contributed by atoms with E-state index in [0.29, 0.717) is 18.9 Å². The molecule has 0 radical (unpaired) electrons. The van der Waals surface area contributed by atoms with Gasteiger partial charge in [-0.3, -0.25) is 0 Å². The fourth-order valence-electron chi connectivity index (χ4n) is 1.65. The zero-order valence-electron chi connectivity index (χ0n) is 10.3. The average Bonchev–Trinajstić information content (AvgIpc) is 2.27. The number of carbonyl (C=O) groups is 1. The van der Waals surface area contributed by atoms with Crippen LogP contribution in [-0.4, -0.2) is 12.4 Å². The maximum atomic E-state index is 10.9. The number of ether oxygens (including phenoxy) is 1. The van der Waals surface area contributed by atoms with Gasteiger partial charge in [-0.1, -0.05) is 19.1 Å². The lowest BCUT2D eigenvalue weighted by molar-refractivity contribution is -0.117. The molecule has 0 fully saturated rings. The number of carbonyl (C=O) groups excluding carboxylic acids is 1. The Morgan fingerprint density at radius 2 is 1.94 bits per heavy atom. The lowest BCUT2D eigenvalue weighted by Gasteiger charge is -2.11. The van der Waals surface area contributed by atoms with Crippen LogP contribution in [0.15, 0.2) is 24.3 Å². The highest BCUT2D eigenvalue weighted by Crippen LogP contribution is 2.23. The van der Waals surface area contributed by atoms with Crippen LogP contribution in [0.4, 0.5) is 0 Å². The summed E-state index contributed by atoms with van der Waals surface area (Å²) in [5.41, 5.74) is 1.27. The molecule has 0 aromatic heterocycles. The van der Waals surface area contributed by atoms with E-state index in [2.05, 4.69) is 19.1 Å². The maximum Gasteiger partial charge on any atom is 0.129 e. The van der Waals surface area contributed by atoms with Gasteiger partial charge < -0.3 is 9.53 Å². The van der Waals surface area contributed by atoms with Crippen molar-refractivity contribution in [1.29, 1.82) is 0 Å². The Balaban J connectivity index is 2.55. The Hall–Kier alpha value is -1.31. The molecule has 0 spiro atoms. The summed E-state index contributed by atoms with van der Waals surface area (Å²) in [7, 11) is 0. The predicted octanol–water partition coefficient (Wildman–Crippen LogP) is 3.56. The predicted molar refractivity (Wildman–Crippen MR) is 65.9 cm³/mol. The van der Waals surface area contributed by atoms with E-state index in [-0.39, 0.29) is 5.78 Å². The molecule has 88 valence electrons. The second kappa shape index (κ2) is 6.31. The Morgan fingerprint density at radius 1 is 1.31 bits per heavy atom. The second-order valence-electron chi connectivity index (χ2n) is 4.14. The Kier molecular flexibility index (Phi) is 5.03. The van der Waals surface area contributed by atoms with Gasteiger partial charge in [0.1, 0.15) is 11.5 Å². The van der Waals surface area contributed by atoms with Crippen molar-refractivity contribution < 1.29 is 9.53 Å². The lowest BCUT2D eigenvalue weighted by atomic mass is 9.95. The van der Waals surface area contributed by atoms with Gasteiger partial charge in [-0.15, -0.1) is 0 Å². The largest absolute Gasteiger partial charge is 0.494 e. The molecule has 1 rings (SSSR count). The van der Waals surface area contributed by atoms with Gasteiger partial charge in [0.15, 0.2) is 0 Å². The molecule has 16 heavy (non-hydrogen) atoms. The van der Waals surface area contributed by atoms with Crippen LogP contribution >= 0.6 is 0 Å². The summed E-state index contributed by atoms with van der Waals surface area (Å²) in [4.78, 5) is 10.9. The Labute approximate surface area is 97.6 Å². The van der Waals surface area contributed by atoms with Crippen molar-refractivity contribution in [3.63, 3.8) is 0 Å². The van der Waals surface area contributed by atoms with Gasteiger partial charge in [-0.25, -0.2) is 0 Å². The first kappa shape index (κ1) is 12.8. The molecule has 1 aromatic carbocycles. The van der Waals surface area contributed by atoms with Crippen LogP contribution in [0.5, 0.6) is 5.75 Å². The molecule has 0 saturated carbocycles. The summed E-state index contributed by atoms with van der Waals surface area (Å²) in [6, 6.07) is 8.14. The molecule has 0 heterocycles. The van der Waals surface area contributed by atoms with Gasteiger partial charge >= 0.3 is 0 Å². The molecule has 0 saturated heterocycles. The SMILES string of the molecule is CCOc1ccc([C@H](C)CCC(C)=O)cc1. The summed E-state index contributed by atoms with van der Waals surface area (Å²) in [6.45, 7) is 6.46. The smallest absolute Gasteiger partial charge is 0.129 e. The normalized spacial score (nSPS) is 12.2. The third-order valence-electron chi connectivity index (χ3n) is 2.69. The first-order valence-electron chi connectivity index (χ1n) is 5.85. The standard InChI is InChI=1S/C14H20O2/c1-4-16-14-9-7-13(8-10-14)11(2)5-6-12(3)15/h7-11H,4-6H2,1-3H3/t11-/m1/s1. The van der Waals surface area contributed by atoms with E-state index in [1.165, 1.54) is 5.56 Å². The maximum absolute atomic E-state index is 10.9. The van der Waals surface area contributed by atoms with E-state index in [1.807, 2.05) is 19.1 Å². The van der Waals surface area contributed by atoms with Crippen LogP contribution in [0.25, 0.3) is 0 Å². The molecule has 0 aliphatic heterocycles. The van der Waals surface area contributed by atoms with E-state index in [4.69, 9.17) is 4.74 Å². The van der Waals surface area contributed by atoms with Crippen molar-refractivity contribution >= 4 is 5.78 Å². The fraction of sp³-hybridized carbons (Fsp3) is 0.500. The monoisotopic (exact) mass is 220 g/mol. The molecule has 0 unspecified atom stereocenters. The van der Waals surface area contributed by atoms with Gasteiger partial charge in [0.05, 0.1) is 6.61 Å². The zero-order valence-corrected chi connectivity index (χ0v) is 10.3. The highest BCUT2D eigenvalue weighted by atomic mass is 16.5. The summed E-state index contributed by atoms with van der Waals surface area (Å²) in [5.74, 6) is 1.60. The van der Waals surface area contributed by atoms with E-state index >= 15 is 0 Å². The molecule has 0 amide bonds. The van der Waals surface area contributed by atoms with Crippen LogP contribution < -0.4 is 4.74 Å². The van der Waals surface area contributed by atoms with Crippen molar-refractivity contribution in [1.82, 2.24) is 0 Å². The van der Waals surface area contributed by atoms with Crippen LogP contribution in [0.3, 0.4) is 0 Å². The highest BCUT2D eigenvalue weighted by molar-refractivity contribution is 5.75. The number of ketones is 1. The average molecular weight is 220 g/mol. The molecule has 0 aliphatic carbocycles. The number of Topliss-reactive ketones (excluding diaryl/α,β-unsaturated/α-hetero) is 1. The molecular weight excluding hydrogens is 200 g/mol. The third-order valence-corrected chi connectivity index (χ3v) is 2.69. The molecule has 0 aliphatic rings. The minimum absolute atomic E-state index is 0.262. The molecular formula is C14H20O2. The van der Waals surface area contributed by atoms with Gasteiger partial charge in [0.25, 0.3) is 0 Å². The molecule has 1 aromatic rings. The van der Waals surface area contributed by atoms with Crippen molar-refractivity contribution in [2.75, 3.05) is 6.61 Å². The van der Waals surface area contributed by atoms with E-state index < -0.39 is 0 Å². The first-order chi connectivity index (χ1) is 7.63. The van der Waals surface area contributed by atoms with Crippen LogP contribution in [-0.2, 0) is 4.79 Å². The van der Waals surface area contributed by atoms with E-state index in [0.717, 1.165) is 12.2 Å². The Bertz CT molecular complexity index is 327. The second-order valence-corrected chi connectivity index (χ2v) is 4.14. The summed E-state index contributed by atoms with van der Waals surface area (Å²) < 4.78 is 5.38. The highest BCUT2D eigenvalue weighted by Gasteiger charge is 2.06. The Morgan fingerprint density at radius 3 is 2.44 bits per heavy atom. The quantitative estimate of drug-likeness (QED) is 0.732. The van der Waals surface area contributed by atoms with Crippen molar-refractivity contribution in [3.05, 3.63) is 29.8 Å². The van der Waals surface area contributed by atoms with Gasteiger partial charge in [0, 0.05) is 6.42 Å². The molecule has 0 N–H and O–H groups in total. The topological polar surface area (TPSA) is 26.3 Å². The fourth-order valence-corrected chi connectivity index (χ4v) is 1.65. The minimum Gasteiger partial charge on any atom is -0.494 e. The number of benzene rings is 1. The van der Waals surface area contributed by atoms with Crippen LogP contribution in [0, 0.1) is 0 Å². The van der Waals surface area contributed by atoms with E-state index in [1.54, 1.807) is 6.92 Å². The first-order valence-corrected chi connectivity index (χ1v) is 5.85. The molecule has 1 atom stereocenters. The zero-order chi connectivity index (χ0) is 12.0. The van der Waals surface area contributed by atoms with Gasteiger partial charge in [-0.05, 0) is 43.9 Å². The van der Waals surface area contributed by atoms with Gasteiger partial charge in [-0.2, -0.15) is 0 Å². The summed E-state index contributed by atoms with van der Waals surface area (Å²) in [5, 5.41) is 0. The van der Waals surface area contributed by atoms with Crippen LogP contribution in [0.1, 0.15) is 45.1 Å². The lowest BCUT2D eigenvalue weighted by Crippen LogP contribution is -1.98. The number of hydrogen-bond acceptors (Lipinski definition) is 2. The van der Waals surface area contributed by atoms with Gasteiger partial charge in [0.2, 0.25) is 0 Å². The van der Waals surface area contributed by atoms with Crippen molar-refractivity contribution in [2.24, 2.45) is 0 Å². The van der Waals surface area contributed by atoms with Crippen molar-refractivity contribution in [3.8, 4) is 5.75 Å². The van der Waals surface area contributed by atoms with E-state index in [9.17, 15) is 4.79 Å². The number of hydrogen-bond donors (Lipinski definition) is 0. The number of rotatable bonds is 6. The third kappa shape index (κ3) is 4.05. The molecule has 2 nitrogen and oxygen atoms in total. The van der Waals surface area contributed by atoms with Crippen LogP contribution in [0.2, 0.25) is 0 Å². The molecule has 2 heteroatoms.